The average molecular weight is 261 g/mol. The third-order valence-electron chi connectivity index (χ3n) is 2.92. The van der Waals surface area contributed by atoms with Gasteiger partial charge in [0.2, 0.25) is 0 Å². The molecule has 2 aromatic rings. The molecule has 0 aliphatic heterocycles. The lowest BCUT2D eigenvalue weighted by Crippen LogP contribution is -2.44. The summed E-state index contributed by atoms with van der Waals surface area (Å²) in [5, 5.41) is 19.0. The Balaban J connectivity index is 2.21. The predicted molar refractivity (Wildman–Crippen MR) is 69.8 cm³/mol. The second kappa shape index (κ2) is 5.09. The SMILES string of the molecule is CC(C)[C@@H](NC(=O)c1ccc2[nH]ncc2c1)C(=O)O. The van der Waals surface area contributed by atoms with Gasteiger partial charge in [0, 0.05) is 10.9 Å². The van der Waals surface area contributed by atoms with Crippen molar-refractivity contribution in [2.24, 2.45) is 5.92 Å². The van der Waals surface area contributed by atoms with Crippen molar-refractivity contribution in [3.63, 3.8) is 0 Å². The Hall–Kier alpha value is -2.37. The number of aromatic nitrogens is 2. The van der Waals surface area contributed by atoms with Gasteiger partial charge >= 0.3 is 5.97 Å². The molecule has 0 bridgehead atoms. The zero-order chi connectivity index (χ0) is 14.0. The molecule has 0 radical (unpaired) electrons. The quantitative estimate of drug-likeness (QED) is 0.775. The molecule has 0 aliphatic carbocycles. The number of nitrogens with one attached hydrogen (secondary N) is 2. The summed E-state index contributed by atoms with van der Waals surface area (Å²) in [4.78, 5) is 23.1. The van der Waals surface area contributed by atoms with Gasteiger partial charge in [0.25, 0.3) is 5.91 Å². The monoisotopic (exact) mass is 261 g/mol. The number of fused-ring (bicyclic) bond motifs is 1. The van der Waals surface area contributed by atoms with Crippen LogP contribution in [0.3, 0.4) is 0 Å². The number of nitrogens with zero attached hydrogens (tertiary/aromatic N) is 1. The molecule has 1 heterocycles. The number of carbonyl (C=O) groups excluding carboxylic acids is 1. The molecule has 19 heavy (non-hydrogen) atoms. The normalized spacial score (nSPS) is 12.6. The maximum absolute atomic E-state index is 12.0. The van der Waals surface area contributed by atoms with E-state index in [2.05, 4.69) is 15.5 Å². The molecule has 6 nitrogen and oxygen atoms in total. The Kier molecular flexibility index (Phi) is 3.50. The number of hydrogen-bond acceptors (Lipinski definition) is 3. The molecular weight excluding hydrogens is 246 g/mol. The van der Waals surface area contributed by atoms with E-state index in [-0.39, 0.29) is 5.92 Å². The highest BCUT2D eigenvalue weighted by Gasteiger charge is 2.23. The van der Waals surface area contributed by atoms with E-state index >= 15 is 0 Å². The number of carboxylic acids is 1. The van der Waals surface area contributed by atoms with Gasteiger partial charge in [-0.2, -0.15) is 5.10 Å². The van der Waals surface area contributed by atoms with Crippen molar-refractivity contribution >= 4 is 22.8 Å². The molecule has 0 spiro atoms. The molecule has 1 amide bonds. The largest absolute Gasteiger partial charge is 0.480 e. The van der Waals surface area contributed by atoms with Gasteiger partial charge < -0.3 is 10.4 Å². The lowest BCUT2D eigenvalue weighted by molar-refractivity contribution is -0.140. The molecule has 2 rings (SSSR count). The minimum Gasteiger partial charge on any atom is -0.480 e. The summed E-state index contributed by atoms with van der Waals surface area (Å²) in [5.74, 6) is -1.61. The smallest absolute Gasteiger partial charge is 0.326 e. The molecule has 0 fully saturated rings. The number of amides is 1. The summed E-state index contributed by atoms with van der Waals surface area (Å²) >= 11 is 0. The highest BCUT2D eigenvalue weighted by molar-refractivity contribution is 5.99. The zero-order valence-electron chi connectivity index (χ0n) is 10.7. The molecule has 6 heteroatoms. The lowest BCUT2D eigenvalue weighted by Gasteiger charge is -2.17. The Bertz CT molecular complexity index is 618. The Morgan fingerprint density at radius 2 is 2.11 bits per heavy atom. The van der Waals surface area contributed by atoms with Crippen molar-refractivity contribution in [3.05, 3.63) is 30.0 Å². The average Bonchev–Trinajstić information content (AvgIpc) is 2.81. The molecule has 100 valence electrons. The fourth-order valence-electron chi connectivity index (χ4n) is 1.82. The van der Waals surface area contributed by atoms with Gasteiger partial charge in [0.15, 0.2) is 0 Å². The molecule has 3 N–H and O–H groups in total. The molecule has 1 atom stereocenters. The number of carbonyl (C=O) groups is 2. The summed E-state index contributed by atoms with van der Waals surface area (Å²) < 4.78 is 0. The molecule has 0 saturated heterocycles. The highest BCUT2D eigenvalue weighted by atomic mass is 16.4. The lowest BCUT2D eigenvalue weighted by atomic mass is 10.0. The minimum atomic E-state index is -1.03. The first-order valence-electron chi connectivity index (χ1n) is 5.96. The van der Waals surface area contributed by atoms with Gasteiger partial charge in [-0.15, -0.1) is 0 Å². The third-order valence-corrected chi connectivity index (χ3v) is 2.92. The van der Waals surface area contributed by atoms with Crippen molar-refractivity contribution < 1.29 is 14.7 Å². The van der Waals surface area contributed by atoms with Crippen LogP contribution in [0.4, 0.5) is 0 Å². The van der Waals surface area contributed by atoms with Gasteiger partial charge in [-0.05, 0) is 24.1 Å². The van der Waals surface area contributed by atoms with Gasteiger partial charge in [0.1, 0.15) is 6.04 Å². The third kappa shape index (κ3) is 2.73. The van der Waals surface area contributed by atoms with E-state index in [1.54, 1.807) is 38.2 Å². The fourth-order valence-corrected chi connectivity index (χ4v) is 1.82. The van der Waals surface area contributed by atoms with Crippen LogP contribution in [-0.4, -0.2) is 33.2 Å². The van der Waals surface area contributed by atoms with Crippen molar-refractivity contribution in [2.75, 3.05) is 0 Å². The van der Waals surface area contributed by atoms with Crippen molar-refractivity contribution in [3.8, 4) is 0 Å². The second-order valence-electron chi connectivity index (χ2n) is 4.71. The van der Waals surface area contributed by atoms with E-state index in [0.717, 1.165) is 10.9 Å². The van der Waals surface area contributed by atoms with Gasteiger partial charge in [0.05, 0.1) is 11.7 Å². The van der Waals surface area contributed by atoms with E-state index in [4.69, 9.17) is 5.11 Å². The van der Waals surface area contributed by atoms with Gasteiger partial charge in [-0.25, -0.2) is 4.79 Å². The van der Waals surface area contributed by atoms with Crippen molar-refractivity contribution in [1.82, 2.24) is 15.5 Å². The number of H-pyrrole nitrogens is 1. The van der Waals surface area contributed by atoms with Crippen LogP contribution in [0.25, 0.3) is 10.9 Å². The van der Waals surface area contributed by atoms with Gasteiger partial charge in [-0.1, -0.05) is 13.8 Å². The van der Waals surface area contributed by atoms with Crippen LogP contribution in [0.1, 0.15) is 24.2 Å². The summed E-state index contributed by atoms with van der Waals surface area (Å²) in [6, 6.07) is 4.15. The summed E-state index contributed by atoms with van der Waals surface area (Å²) in [7, 11) is 0. The van der Waals surface area contributed by atoms with Gasteiger partial charge in [-0.3, -0.25) is 9.89 Å². The number of hydrogen-bond donors (Lipinski definition) is 3. The summed E-state index contributed by atoms with van der Waals surface area (Å²) in [5.41, 5.74) is 1.25. The van der Waals surface area contributed by atoms with E-state index in [9.17, 15) is 9.59 Å². The van der Waals surface area contributed by atoms with E-state index in [1.807, 2.05) is 0 Å². The molecular formula is C13H15N3O3. The first-order valence-corrected chi connectivity index (χ1v) is 5.96. The maximum atomic E-state index is 12.0. The molecule has 0 unspecified atom stereocenters. The Morgan fingerprint density at radius 1 is 1.37 bits per heavy atom. The van der Waals surface area contributed by atoms with Crippen LogP contribution < -0.4 is 5.32 Å². The second-order valence-corrected chi connectivity index (χ2v) is 4.71. The number of benzene rings is 1. The molecule has 1 aromatic carbocycles. The topological polar surface area (TPSA) is 95.1 Å². The van der Waals surface area contributed by atoms with E-state index in [0.29, 0.717) is 5.56 Å². The number of carboxylic acid groups (broad SMARTS) is 1. The number of rotatable bonds is 4. The summed E-state index contributed by atoms with van der Waals surface area (Å²) in [6.07, 6.45) is 1.61. The Labute approximate surface area is 109 Å². The van der Waals surface area contributed by atoms with Crippen LogP contribution in [0, 0.1) is 5.92 Å². The maximum Gasteiger partial charge on any atom is 0.326 e. The van der Waals surface area contributed by atoms with Crippen molar-refractivity contribution in [2.45, 2.75) is 19.9 Å². The first kappa shape index (κ1) is 13.1. The van der Waals surface area contributed by atoms with Crippen LogP contribution in [-0.2, 0) is 4.79 Å². The van der Waals surface area contributed by atoms with Crippen molar-refractivity contribution in [1.29, 1.82) is 0 Å². The first-order chi connectivity index (χ1) is 8.99. The van der Waals surface area contributed by atoms with E-state index in [1.165, 1.54) is 0 Å². The molecule has 0 saturated carbocycles. The summed E-state index contributed by atoms with van der Waals surface area (Å²) in [6.45, 7) is 3.50. The van der Waals surface area contributed by atoms with Crippen LogP contribution in [0.15, 0.2) is 24.4 Å². The number of aromatic amines is 1. The Morgan fingerprint density at radius 3 is 2.74 bits per heavy atom. The van der Waals surface area contributed by atoms with Crippen LogP contribution >= 0.6 is 0 Å². The van der Waals surface area contributed by atoms with E-state index < -0.39 is 17.9 Å². The highest BCUT2D eigenvalue weighted by Crippen LogP contribution is 2.13. The molecule has 0 aliphatic rings. The number of aliphatic carboxylic acids is 1. The predicted octanol–water partition coefficient (Wildman–Crippen LogP) is 1.40. The minimum absolute atomic E-state index is 0.181. The molecule has 1 aromatic heterocycles. The van der Waals surface area contributed by atoms with Crippen LogP contribution in [0.2, 0.25) is 0 Å². The standard InChI is InChI=1S/C13H15N3O3/c1-7(2)11(13(18)19)15-12(17)8-3-4-10-9(5-8)6-14-16-10/h3-7,11H,1-2H3,(H,14,16)(H,15,17)(H,18,19)/t11-/m1/s1. The zero-order valence-corrected chi connectivity index (χ0v) is 10.7. The fraction of sp³-hybridized carbons (Fsp3) is 0.308. The van der Waals surface area contributed by atoms with Crippen LogP contribution in [0.5, 0.6) is 0 Å².